The average molecular weight is 259 g/mol. The third-order valence-corrected chi connectivity index (χ3v) is 4.92. The van der Waals surface area contributed by atoms with Crippen LogP contribution in [0.5, 0.6) is 0 Å². The molecule has 2 rings (SSSR count). The number of rotatable bonds is 5. The normalized spacial score (nSPS) is 18.1. The SMILES string of the molecule is CC(C)NC1(c2cccc(C(C)(C)C(C)C)c2)CC1. The van der Waals surface area contributed by atoms with Crippen molar-refractivity contribution in [1.82, 2.24) is 5.32 Å². The van der Waals surface area contributed by atoms with Crippen LogP contribution >= 0.6 is 0 Å². The fourth-order valence-electron chi connectivity index (χ4n) is 2.74. The van der Waals surface area contributed by atoms with Gasteiger partial charge >= 0.3 is 0 Å². The first-order chi connectivity index (χ1) is 8.78. The number of hydrogen-bond acceptors (Lipinski definition) is 1. The quantitative estimate of drug-likeness (QED) is 0.814. The minimum Gasteiger partial charge on any atom is -0.305 e. The van der Waals surface area contributed by atoms with Crippen LogP contribution in [-0.2, 0) is 11.0 Å². The lowest BCUT2D eigenvalue weighted by Crippen LogP contribution is -2.35. The van der Waals surface area contributed by atoms with Gasteiger partial charge in [0.05, 0.1) is 0 Å². The van der Waals surface area contributed by atoms with Crippen LogP contribution in [0.3, 0.4) is 0 Å². The Morgan fingerprint density at radius 2 is 1.74 bits per heavy atom. The van der Waals surface area contributed by atoms with Crippen LogP contribution < -0.4 is 5.32 Å². The van der Waals surface area contributed by atoms with Gasteiger partial charge in [0, 0.05) is 11.6 Å². The van der Waals surface area contributed by atoms with Crippen LogP contribution in [0.2, 0.25) is 0 Å². The molecule has 1 N–H and O–H groups in total. The van der Waals surface area contributed by atoms with Gasteiger partial charge in [0.1, 0.15) is 0 Å². The topological polar surface area (TPSA) is 12.0 Å². The molecule has 0 spiro atoms. The van der Waals surface area contributed by atoms with Gasteiger partial charge in [0.25, 0.3) is 0 Å². The lowest BCUT2D eigenvalue weighted by molar-refractivity contribution is 0.371. The molecule has 1 aromatic carbocycles. The van der Waals surface area contributed by atoms with E-state index in [9.17, 15) is 0 Å². The van der Waals surface area contributed by atoms with Crippen LogP contribution in [0.15, 0.2) is 24.3 Å². The van der Waals surface area contributed by atoms with E-state index in [1.807, 2.05) is 0 Å². The zero-order valence-corrected chi connectivity index (χ0v) is 13.4. The van der Waals surface area contributed by atoms with E-state index in [2.05, 4.69) is 71.1 Å². The summed E-state index contributed by atoms with van der Waals surface area (Å²) in [6.07, 6.45) is 2.55. The third kappa shape index (κ3) is 2.86. The molecule has 1 saturated carbocycles. The maximum Gasteiger partial charge on any atom is 0.0438 e. The lowest BCUT2D eigenvalue weighted by Gasteiger charge is -2.31. The number of nitrogens with one attached hydrogen (secondary N) is 1. The molecule has 1 aliphatic rings. The zero-order chi connectivity index (χ0) is 14.3. The first-order valence-electron chi connectivity index (χ1n) is 7.67. The van der Waals surface area contributed by atoms with Crippen molar-refractivity contribution in [1.29, 1.82) is 0 Å². The monoisotopic (exact) mass is 259 g/mol. The van der Waals surface area contributed by atoms with Crippen molar-refractivity contribution in [3.05, 3.63) is 35.4 Å². The molecule has 0 aliphatic heterocycles. The molecule has 1 fully saturated rings. The predicted octanol–water partition coefficient (Wildman–Crippen LogP) is 4.61. The van der Waals surface area contributed by atoms with Gasteiger partial charge in [-0.25, -0.2) is 0 Å². The Morgan fingerprint density at radius 1 is 1.11 bits per heavy atom. The minimum atomic E-state index is 0.240. The van der Waals surface area contributed by atoms with E-state index >= 15 is 0 Å². The van der Waals surface area contributed by atoms with Crippen molar-refractivity contribution in [3.8, 4) is 0 Å². The summed E-state index contributed by atoms with van der Waals surface area (Å²) in [6, 6.07) is 9.79. The summed E-state index contributed by atoms with van der Waals surface area (Å²) in [5.74, 6) is 0.649. The highest BCUT2D eigenvalue weighted by atomic mass is 15.0. The van der Waals surface area contributed by atoms with Crippen LogP contribution in [-0.4, -0.2) is 6.04 Å². The van der Waals surface area contributed by atoms with Gasteiger partial charge in [0.15, 0.2) is 0 Å². The van der Waals surface area contributed by atoms with Crippen molar-refractivity contribution in [3.63, 3.8) is 0 Å². The van der Waals surface area contributed by atoms with Crippen LogP contribution in [0.1, 0.15) is 65.5 Å². The van der Waals surface area contributed by atoms with E-state index in [1.54, 1.807) is 0 Å². The predicted molar refractivity (Wildman–Crippen MR) is 83.5 cm³/mol. The summed E-state index contributed by atoms with van der Waals surface area (Å²) >= 11 is 0. The van der Waals surface area contributed by atoms with E-state index < -0.39 is 0 Å². The highest BCUT2D eigenvalue weighted by Crippen LogP contribution is 2.47. The summed E-state index contributed by atoms with van der Waals surface area (Å²) in [4.78, 5) is 0. The molecule has 0 radical (unpaired) electrons. The Morgan fingerprint density at radius 3 is 2.21 bits per heavy atom. The summed E-state index contributed by atoms with van der Waals surface area (Å²) in [5, 5.41) is 3.75. The molecule has 0 heterocycles. The molecule has 1 heteroatoms. The van der Waals surface area contributed by atoms with Crippen molar-refractivity contribution >= 4 is 0 Å². The van der Waals surface area contributed by atoms with Gasteiger partial charge in [-0.05, 0) is 35.3 Å². The second-order valence-electron chi connectivity index (χ2n) is 7.34. The molecule has 1 aliphatic carbocycles. The highest BCUT2D eigenvalue weighted by molar-refractivity contribution is 5.37. The molecule has 1 nitrogen and oxygen atoms in total. The molecule has 0 unspecified atom stereocenters. The van der Waals surface area contributed by atoms with Gasteiger partial charge in [-0.1, -0.05) is 65.8 Å². The lowest BCUT2D eigenvalue weighted by atomic mass is 9.74. The van der Waals surface area contributed by atoms with Crippen LogP contribution in [0.25, 0.3) is 0 Å². The molecule has 0 amide bonds. The number of benzene rings is 1. The van der Waals surface area contributed by atoms with Gasteiger partial charge < -0.3 is 5.32 Å². The first-order valence-corrected chi connectivity index (χ1v) is 7.67. The van der Waals surface area contributed by atoms with E-state index in [1.165, 1.54) is 24.0 Å². The summed E-state index contributed by atoms with van der Waals surface area (Å²) in [7, 11) is 0. The third-order valence-electron chi connectivity index (χ3n) is 4.92. The van der Waals surface area contributed by atoms with E-state index in [0.29, 0.717) is 12.0 Å². The molecule has 0 aromatic heterocycles. The Labute approximate surface area is 118 Å². The smallest absolute Gasteiger partial charge is 0.0438 e. The molecule has 19 heavy (non-hydrogen) atoms. The molecular weight excluding hydrogens is 230 g/mol. The first kappa shape index (κ1) is 14.6. The zero-order valence-electron chi connectivity index (χ0n) is 13.4. The van der Waals surface area contributed by atoms with Gasteiger partial charge in [-0.15, -0.1) is 0 Å². The molecule has 0 atom stereocenters. The minimum absolute atomic E-state index is 0.240. The highest BCUT2D eigenvalue weighted by Gasteiger charge is 2.44. The fourth-order valence-corrected chi connectivity index (χ4v) is 2.74. The van der Waals surface area contributed by atoms with Gasteiger partial charge in [-0.2, -0.15) is 0 Å². The van der Waals surface area contributed by atoms with E-state index in [4.69, 9.17) is 0 Å². The van der Waals surface area contributed by atoms with Crippen molar-refractivity contribution < 1.29 is 0 Å². The molecule has 0 bridgehead atoms. The Bertz CT molecular complexity index is 439. The fraction of sp³-hybridized carbons (Fsp3) is 0.667. The van der Waals surface area contributed by atoms with Crippen LogP contribution in [0, 0.1) is 5.92 Å². The molecule has 0 saturated heterocycles. The maximum absolute atomic E-state index is 3.75. The van der Waals surface area contributed by atoms with Gasteiger partial charge in [-0.3, -0.25) is 0 Å². The Kier molecular flexibility index (Phi) is 3.79. The summed E-state index contributed by atoms with van der Waals surface area (Å²) in [6.45, 7) is 13.8. The van der Waals surface area contributed by atoms with E-state index in [-0.39, 0.29) is 11.0 Å². The average Bonchev–Trinajstić information content (AvgIpc) is 3.09. The largest absolute Gasteiger partial charge is 0.305 e. The van der Waals surface area contributed by atoms with Gasteiger partial charge in [0.2, 0.25) is 0 Å². The molecule has 106 valence electrons. The maximum atomic E-state index is 3.75. The van der Waals surface area contributed by atoms with Crippen molar-refractivity contribution in [2.24, 2.45) is 5.92 Å². The van der Waals surface area contributed by atoms with Crippen LogP contribution in [0.4, 0.5) is 0 Å². The second kappa shape index (κ2) is 4.94. The Hall–Kier alpha value is -0.820. The second-order valence-corrected chi connectivity index (χ2v) is 7.34. The van der Waals surface area contributed by atoms with Crippen molar-refractivity contribution in [2.45, 2.75) is 71.4 Å². The summed E-state index contributed by atoms with van der Waals surface area (Å²) in [5.41, 5.74) is 3.45. The Balaban J connectivity index is 2.30. The molecule has 1 aromatic rings. The van der Waals surface area contributed by atoms with E-state index in [0.717, 1.165) is 0 Å². The molecular formula is C18H29N. The standard InChI is InChI=1S/C18H29N/c1-13(2)17(5,6)15-8-7-9-16(12-15)18(10-11-18)19-14(3)4/h7-9,12-14,19H,10-11H2,1-6H3. The van der Waals surface area contributed by atoms with Crippen molar-refractivity contribution in [2.75, 3.05) is 0 Å². The number of hydrogen-bond donors (Lipinski definition) is 1. The summed E-state index contributed by atoms with van der Waals surface area (Å²) < 4.78 is 0.